The molecule has 2 N–H and O–H groups in total. The van der Waals surface area contributed by atoms with E-state index in [1.54, 1.807) is 13.2 Å². The van der Waals surface area contributed by atoms with Crippen LogP contribution in [0.2, 0.25) is 10.0 Å². The van der Waals surface area contributed by atoms with Crippen LogP contribution >= 0.6 is 23.2 Å². The standard InChI is InChI=1S/C12H16Cl2N2O2/c1-17-7-3-2-4-8(5-7)18-12-10(14)6-9(13)11(15)16-12/h6-8H,2-5H2,1H3,(H2,15,16). The van der Waals surface area contributed by atoms with Crippen LogP contribution in [0.1, 0.15) is 25.7 Å². The number of anilines is 1. The van der Waals surface area contributed by atoms with Crippen molar-refractivity contribution in [3.05, 3.63) is 16.1 Å². The first-order valence-electron chi connectivity index (χ1n) is 5.91. The molecule has 18 heavy (non-hydrogen) atoms. The summed E-state index contributed by atoms with van der Waals surface area (Å²) in [7, 11) is 1.72. The molecule has 0 aromatic carbocycles. The van der Waals surface area contributed by atoms with E-state index in [0.29, 0.717) is 15.9 Å². The van der Waals surface area contributed by atoms with Crippen LogP contribution in [0.5, 0.6) is 5.88 Å². The Morgan fingerprint density at radius 2 is 2.00 bits per heavy atom. The van der Waals surface area contributed by atoms with Crippen molar-refractivity contribution >= 4 is 29.0 Å². The molecule has 1 aliphatic carbocycles. The van der Waals surface area contributed by atoms with Crippen molar-refractivity contribution in [1.82, 2.24) is 4.98 Å². The molecule has 0 amide bonds. The summed E-state index contributed by atoms with van der Waals surface area (Å²) >= 11 is 11.9. The number of rotatable bonds is 3. The van der Waals surface area contributed by atoms with Crippen LogP contribution in [-0.2, 0) is 4.74 Å². The molecule has 2 atom stereocenters. The van der Waals surface area contributed by atoms with Crippen molar-refractivity contribution in [3.8, 4) is 5.88 Å². The normalized spacial score (nSPS) is 23.9. The van der Waals surface area contributed by atoms with Crippen LogP contribution in [0.15, 0.2) is 6.07 Å². The van der Waals surface area contributed by atoms with Crippen LogP contribution in [-0.4, -0.2) is 24.3 Å². The predicted octanol–water partition coefficient (Wildman–Crippen LogP) is 3.31. The highest BCUT2D eigenvalue weighted by atomic mass is 35.5. The lowest BCUT2D eigenvalue weighted by molar-refractivity contribution is 0.0196. The summed E-state index contributed by atoms with van der Waals surface area (Å²) in [5, 5.41) is 0.722. The van der Waals surface area contributed by atoms with Crippen LogP contribution in [0.4, 0.5) is 5.82 Å². The van der Waals surface area contributed by atoms with Gasteiger partial charge in [0.1, 0.15) is 16.9 Å². The van der Waals surface area contributed by atoms with E-state index in [1.165, 1.54) is 0 Å². The first-order valence-corrected chi connectivity index (χ1v) is 6.66. The van der Waals surface area contributed by atoms with Crippen molar-refractivity contribution in [1.29, 1.82) is 0 Å². The summed E-state index contributed by atoms with van der Waals surface area (Å²) in [5.74, 6) is 0.579. The number of pyridine rings is 1. The summed E-state index contributed by atoms with van der Waals surface area (Å²) in [6.07, 6.45) is 4.27. The van der Waals surface area contributed by atoms with Gasteiger partial charge in [0.2, 0.25) is 5.88 Å². The minimum Gasteiger partial charge on any atom is -0.473 e. The van der Waals surface area contributed by atoms with Gasteiger partial charge in [-0.1, -0.05) is 23.2 Å². The third kappa shape index (κ3) is 3.19. The summed E-state index contributed by atoms with van der Waals surface area (Å²) in [6.45, 7) is 0. The molecule has 1 heterocycles. The Morgan fingerprint density at radius 3 is 2.72 bits per heavy atom. The second-order valence-electron chi connectivity index (χ2n) is 4.41. The van der Waals surface area contributed by atoms with Crippen molar-refractivity contribution < 1.29 is 9.47 Å². The number of hydrogen-bond donors (Lipinski definition) is 1. The molecule has 4 nitrogen and oxygen atoms in total. The fourth-order valence-electron chi connectivity index (χ4n) is 2.13. The van der Waals surface area contributed by atoms with Crippen molar-refractivity contribution in [2.45, 2.75) is 37.9 Å². The summed E-state index contributed by atoms with van der Waals surface area (Å²) in [5.41, 5.74) is 5.64. The number of ether oxygens (including phenoxy) is 2. The SMILES string of the molecule is COC1CCCC(Oc2nc(N)c(Cl)cc2Cl)C1. The van der Waals surface area contributed by atoms with Gasteiger partial charge in [-0.05, 0) is 25.3 Å². The Morgan fingerprint density at radius 1 is 1.28 bits per heavy atom. The van der Waals surface area contributed by atoms with Gasteiger partial charge in [0.05, 0.1) is 11.1 Å². The minimum atomic E-state index is 0.0641. The lowest BCUT2D eigenvalue weighted by atomic mass is 9.95. The van der Waals surface area contributed by atoms with Gasteiger partial charge in [0.25, 0.3) is 0 Å². The molecule has 6 heteroatoms. The third-order valence-electron chi connectivity index (χ3n) is 3.11. The smallest absolute Gasteiger partial charge is 0.234 e. The molecule has 1 aromatic heterocycles. The molecule has 0 aliphatic heterocycles. The molecule has 0 saturated heterocycles. The number of nitrogens with two attached hydrogens (primary N) is 1. The van der Waals surface area contributed by atoms with Crippen LogP contribution < -0.4 is 10.5 Å². The van der Waals surface area contributed by atoms with Crippen molar-refractivity contribution in [2.24, 2.45) is 0 Å². The lowest BCUT2D eigenvalue weighted by Crippen LogP contribution is -2.29. The summed E-state index contributed by atoms with van der Waals surface area (Å²) < 4.78 is 11.1. The number of aromatic nitrogens is 1. The second kappa shape index (κ2) is 5.95. The number of nitrogens with zero attached hydrogens (tertiary/aromatic N) is 1. The van der Waals surface area contributed by atoms with E-state index in [4.69, 9.17) is 38.4 Å². The van der Waals surface area contributed by atoms with Gasteiger partial charge < -0.3 is 15.2 Å². The zero-order valence-electron chi connectivity index (χ0n) is 10.2. The molecule has 1 aliphatic rings. The quantitative estimate of drug-likeness (QED) is 0.928. The fourth-order valence-corrected chi connectivity index (χ4v) is 2.53. The fraction of sp³-hybridized carbons (Fsp3) is 0.583. The molecule has 0 spiro atoms. The Kier molecular flexibility index (Phi) is 4.54. The first kappa shape index (κ1) is 13.7. The largest absolute Gasteiger partial charge is 0.473 e. The molecule has 1 aromatic rings. The molecule has 1 saturated carbocycles. The second-order valence-corrected chi connectivity index (χ2v) is 5.22. The highest BCUT2D eigenvalue weighted by Crippen LogP contribution is 2.32. The minimum absolute atomic E-state index is 0.0641. The molecule has 0 radical (unpaired) electrons. The topological polar surface area (TPSA) is 57.4 Å². The molecular weight excluding hydrogens is 275 g/mol. The van der Waals surface area contributed by atoms with Gasteiger partial charge in [0.15, 0.2) is 0 Å². The van der Waals surface area contributed by atoms with Gasteiger partial charge in [-0.3, -0.25) is 0 Å². The highest BCUT2D eigenvalue weighted by molar-refractivity contribution is 6.36. The van der Waals surface area contributed by atoms with E-state index in [1.807, 2.05) is 0 Å². The molecule has 2 unspecified atom stereocenters. The summed E-state index contributed by atoms with van der Waals surface area (Å²) in [4.78, 5) is 4.07. The zero-order valence-corrected chi connectivity index (χ0v) is 11.7. The number of halogens is 2. The maximum Gasteiger partial charge on any atom is 0.234 e. The Hall–Kier alpha value is -0.710. The van der Waals surface area contributed by atoms with Gasteiger partial charge in [-0.25, -0.2) is 0 Å². The first-order chi connectivity index (χ1) is 8.60. The Bertz CT molecular complexity index is 429. The molecule has 100 valence electrons. The molecular formula is C12H16Cl2N2O2. The van der Waals surface area contributed by atoms with E-state index in [-0.39, 0.29) is 18.0 Å². The van der Waals surface area contributed by atoms with Gasteiger partial charge in [0, 0.05) is 13.5 Å². The summed E-state index contributed by atoms with van der Waals surface area (Å²) in [6, 6.07) is 1.55. The lowest BCUT2D eigenvalue weighted by Gasteiger charge is -2.28. The maximum atomic E-state index is 6.03. The van der Waals surface area contributed by atoms with Gasteiger partial charge in [-0.15, -0.1) is 0 Å². The van der Waals surface area contributed by atoms with Crippen LogP contribution in [0, 0.1) is 0 Å². The van der Waals surface area contributed by atoms with Gasteiger partial charge >= 0.3 is 0 Å². The third-order valence-corrected chi connectivity index (χ3v) is 3.69. The highest BCUT2D eigenvalue weighted by Gasteiger charge is 2.24. The number of nitrogen functional groups attached to an aromatic ring is 1. The van der Waals surface area contributed by atoms with Crippen molar-refractivity contribution in [3.63, 3.8) is 0 Å². The van der Waals surface area contributed by atoms with Crippen molar-refractivity contribution in [2.75, 3.05) is 12.8 Å². The number of hydrogen-bond acceptors (Lipinski definition) is 4. The average Bonchev–Trinajstić information content (AvgIpc) is 2.36. The monoisotopic (exact) mass is 290 g/mol. The van der Waals surface area contributed by atoms with E-state index in [9.17, 15) is 0 Å². The average molecular weight is 291 g/mol. The van der Waals surface area contributed by atoms with Gasteiger partial charge in [-0.2, -0.15) is 4.98 Å². The van der Waals surface area contributed by atoms with E-state index < -0.39 is 0 Å². The number of methoxy groups -OCH3 is 1. The Labute approximate surface area is 116 Å². The molecule has 1 fully saturated rings. The molecule has 2 rings (SSSR count). The Balaban J connectivity index is 2.07. The van der Waals surface area contributed by atoms with E-state index in [0.717, 1.165) is 25.7 Å². The predicted molar refractivity (Wildman–Crippen MR) is 72.4 cm³/mol. The van der Waals surface area contributed by atoms with Crippen LogP contribution in [0.25, 0.3) is 0 Å². The maximum absolute atomic E-state index is 6.03. The van der Waals surface area contributed by atoms with E-state index >= 15 is 0 Å². The van der Waals surface area contributed by atoms with E-state index in [2.05, 4.69) is 4.98 Å². The molecule has 0 bridgehead atoms. The van der Waals surface area contributed by atoms with Crippen LogP contribution in [0.3, 0.4) is 0 Å². The zero-order chi connectivity index (χ0) is 13.1.